The first-order chi connectivity index (χ1) is 14.6. The molecule has 0 spiro atoms. The monoisotopic (exact) mass is 432 g/mol. The summed E-state index contributed by atoms with van der Waals surface area (Å²) < 4.78 is 0. The van der Waals surface area contributed by atoms with Gasteiger partial charge >= 0.3 is 0 Å². The number of allylic oxidation sites excluding steroid dienone is 1. The zero-order valence-electron chi connectivity index (χ0n) is 20.5. The molecular formula is C26H44N2O3. The van der Waals surface area contributed by atoms with Crippen LogP contribution >= 0.6 is 0 Å². The molecule has 0 aromatic rings. The van der Waals surface area contributed by atoms with Crippen molar-refractivity contribution in [1.29, 1.82) is 0 Å². The molecule has 4 rings (SSSR count). The third-order valence-electron chi connectivity index (χ3n) is 10.6. The van der Waals surface area contributed by atoms with Crippen LogP contribution in [0.15, 0.2) is 11.6 Å². The maximum atomic E-state index is 11.9. The molecule has 31 heavy (non-hydrogen) atoms. The van der Waals surface area contributed by atoms with Gasteiger partial charge in [0.2, 0.25) is 5.91 Å². The number of carbonyl (C=O) groups excluding carboxylic acids is 1. The smallest absolute Gasteiger partial charge is 0.219 e. The Bertz CT molecular complexity index is 736. The Balaban J connectivity index is 1.62. The topological polar surface area (TPSA) is 64.0 Å². The number of fused-ring (bicyclic) bond motifs is 5. The summed E-state index contributed by atoms with van der Waals surface area (Å²) >= 11 is 0. The van der Waals surface area contributed by atoms with Crippen LogP contribution in [0.3, 0.4) is 0 Å². The Kier molecular flexibility index (Phi) is 6.11. The van der Waals surface area contributed by atoms with E-state index >= 15 is 0 Å². The maximum absolute atomic E-state index is 11.9. The zero-order valence-corrected chi connectivity index (χ0v) is 20.5. The number of aliphatic hydroxyl groups is 2. The molecule has 0 aromatic carbocycles. The molecule has 9 unspecified atom stereocenters. The molecule has 0 aliphatic heterocycles. The highest BCUT2D eigenvalue weighted by Gasteiger charge is 2.63. The van der Waals surface area contributed by atoms with Crippen LogP contribution in [0.5, 0.6) is 0 Å². The lowest BCUT2D eigenvalue weighted by atomic mass is 9.46. The van der Waals surface area contributed by atoms with E-state index in [-0.39, 0.29) is 41.4 Å². The molecule has 0 aromatic heterocycles. The fraction of sp³-hybridized carbons (Fsp3) is 0.885. The van der Waals surface area contributed by atoms with Crippen LogP contribution in [0.4, 0.5) is 0 Å². The molecule has 2 N–H and O–H groups in total. The lowest BCUT2D eigenvalue weighted by Gasteiger charge is -2.59. The third kappa shape index (κ3) is 3.41. The van der Waals surface area contributed by atoms with Crippen LogP contribution in [0.1, 0.15) is 65.7 Å². The number of hydrogen-bond acceptors (Lipinski definition) is 4. The number of hydrogen-bond donors (Lipinski definition) is 2. The average molecular weight is 433 g/mol. The number of rotatable bonds is 4. The van der Waals surface area contributed by atoms with Crippen molar-refractivity contribution in [3.8, 4) is 0 Å². The molecule has 0 saturated heterocycles. The SMILES string of the molecule is CC(=O)N(C)C1CCC2(C)C(=CCC3C2CCC2(CO)C3CC(O)C2C(C)N(C)C)C1. The van der Waals surface area contributed by atoms with Gasteiger partial charge in [0.05, 0.1) is 6.10 Å². The Morgan fingerprint density at radius 1 is 1.23 bits per heavy atom. The molecule has 0 radical (unpaired) electrons. The highest BCUT2D eigenvalue weighted by Crippen LogP contribution is 2.66. The van der Waals surface area contributed by atoms with Crippen molar-refractivity contribution in [2.45, 2.75) is 83.9 Å². The normalized spacial score (nSPS) is 45.4. The van der Waals surface area contributed by atoms with Gasteiger partial charge in [-0.1, -0.05) is 18.6 Å². The molecular weight excluding hydrogens is 388 g/mol. The highest BCUT2D eigenvalue weighted by molar-refractivity contribution is 5.73. The Hall–Kier alpha value is -0.910. The first kappa shape index (κ1) is 23.3. The second-order valence-corrected chi connectivity index (χ2v) is 11.7. The van der Waals surface area contributed by atoms with E-state index in [0.29, 0.717) is 23.8 Å². The summed E-state index contributed by atoms with van der Waals surface area (Å²) in [5, 5.41) is 21.9. The van der Waals surface area contributed by atoms with E-state index in [4.69, 9.17) is 0 Å². The average Bonchev–Trinajstić information content (AvgIpc) is 3.04. The second kappa shape index (κ2) is 8.14. The van der Waals surface area contributed by atoms with Crippen molar-refractivity contribution >= 4 is 5.91 Å². The predicted molar refractivity (Wildman–Crippen MR) is 123 cm³/mol. The van der Waals surface area contributed by atoms with Gasteiger partial charge < -0.3 is 20.0 Å². The molecule has 1 amide bonds. The number of amides is 1. The summed E-state index contributed by atoms with van der Waals surface area (Å²) in [6.45, 7) is 6.55. The van der Waals surface area contributed by atoms with Gasteiger partial charge in [-0.15, -0.1) is 0 Å². The highest BCUT2D eigenvalue weighted by atomic mass is 16.3. The van der Waals surface area contributed by atoms with Gasteiger partial charge in [0.15, 0.2) is 0 Å². The van der Waals surface area contributed by atoms with Gasteiger partial charge in [-0.2, -0.15) is 0 Å². The van der Waals surface area contributed by atoms with Crippen LogP contribution in [-0.2, 0) is 4.79 Å². The first-order valence-corrected chi connectivity index (χ1v) is 12.4. The van der Waals surface area contributed by atoms with Crippen molar-refractivity contribution in [3.63, 3.8) is 0 Å². The quantitative estimate of drug-likeness (QED) is 0.669. The van der Waals surface area contributed by atoms with Gasteiger partial charge in [0.25, 0.3) is 0 Å². The van der Waals surface area contributed by atoms with Gasteiger partial charge in [-0.25, -0.2) is 0 Å². The summed E-state index contributed by atoms with van der Waals surface area (Å²) in [4.78, 5) is 16.1. The lowest BCUT2D eigenvalue weighted by molar-refractivity contribution is -0.131. The van der Waals surface area contributed by atoms with Crippen molar-refractivity contribution in [2.24, 2.45) is 34.5 Å². The van der Waals surface area contributed by atoms with Gasteiger partial charge in [-0.05, 0) is 89.1 Å². The summed E-state index contributed by atoms with van der Waals surface area (Å²) in [5.74, 6) is 1.86. The lowest BCUT2D eigenvalue weighted by Crippen LogP contribution is -2.55. The van der Waals surface area contributed by atoms with Gasteiger partial charge in [0, 0.05) is 44.0 Å². The molecule has 0 bridgehead atoms. The van der Waals surface area contributed by atoms with Gasteiger partial charge in [0.1, 0.15) is 0 Å². The van der Waals surface area contributed by atoms with Crippen molar-refractivity contribution in [3.05, 3.63) is 11.6 Å². The summed E-state index contributed by atoms with van der Waals surface area (Å²) in [7, 11) is 6.13. The van der Waals surface area contributed by atoms with E-state index in [1.165, 1.54) is 0 Å². The number of nitrogens with zero attached hydrogens (tertiary/aromatic N) is 2. The Morgan fingerprint density at radius 2 is 1.94 bits per heavy atom. The molecule has 0 heterocycles. The van der Waals surface area contributed by atoms with Crippen LogP contribution in [-0.4, -0.2) is 71.9 Å². The van der Waals surface area contributed by atoms with Crippen molar-refractivity contribution < 1.29 is 15.0 Å². The molecule has 9 atom stereocenters. The van der Waals surface area contributed by atoms with E-state index < -0.39 is 0 Å². The maximum Gasteiger partial charge on any atom is 0.219 e. The van der Waals surface area contributed by atoms with Gasteiger partial charge in [-0.3, -0.25) is 4.79 Å². The minimum atomic E-state index is -0.327. The second-order valence-electron chi connectivity index (χ2n) is 11.7. The standard InChI is InChI=1S/C26H44N2O3/c1-16(27(4)5)24-23(31)14-22-20-8-7-18-13-19(28(6)17(2)30)9-11-25(18,3)21(20)10-12-26(22,24)15-29/h7,16,19-24,29,31H,8-15H2,1-6H3. The molecule has 176 valence electrons. The molecule has 5 heteroatoms. The fourth-order valence-electron chi connectivity index (χ4n) is 8.51. The number of carbonyl (C=O) groups is 1. The Labute approximate surface area is 188 Å². The summed E-state index contributed by atoms with van der Waals surface area (Å²) in [5.41, 5.74) is 1.61. The van der Waals surface area contributed by atoms with Crippen molar-refractivity contribution in [1.82, 2.24) is 9.80 Å². The summed E-state index contributed by atoms with van der Waals surface area (Å²) in [6.07, 6.45) is 9.45. The molecule has 3 fully saturated rings. The number of aliphatic hydroxyl groups excluding tert-OH is 2. The third-order valence-corrected chi connectivity index (χ3v) is 10.6. The van der Waals surface area contributed by atoms with E-state index in [0.717, 1.165) is 44.9 Å². The minimum Gasteiger partial charge on any atom is -0.396 e. The van der Waals surface area contributed by atoms with E-state index in [1.807, 2.05) is 11.9 Å². The van der Waals surface area contributed by atoms with E-state index in [2.05, 4.69) is 38.9 Å². The predicted octanol–water partition coefficient (Wildman–Crippen LogP) is 3.31. The molecule has 4 aliphatic carbocycles. The van der Waals surface area contributed by atoms with Crippen LogP contribution in [0.25, 0.3) is 0 Å². The molecule has 4 aliphatic rings. The zero-order chi connectivity index (χ0) is 22.7. The van der Waals surface area contributed by atoms with Crippen LogP contribution < -0.4 is 0 Å². The van der Waals surface area contributed by atoms with E-state index in [1.54, 1.807) is 12.5 Å². The van der Waals surface area contributed by atoms with Crippen LogP contribution in [0, 0.1) is 34.5 Å². The van der Waals surface area contributed by atoms with Crippen molar-refractivity contribution in [2.75, 3.05) is 27.7 Å². The first-order valence-electron chi connectivity index (χ1n) is 12.4. The van der Waals surface area contributed by atoms with E-state index in [9.17, 15) is 15.0 Å². The largest absolute Gasteiger partial charge is 0.396 e. The fourth-order valence-corrected chi connectivity index (χ4v) is 8.51. The Morgan fingerprint density at radius 3 is 2.55 bits per heavy atom. The van der Waals surface area contributed by atoms with Crippen LogP contribution in [0.2, 0.25) is 0 Å². The minimum absolute atomic E-state index is 0.136. The molecule has 5 nitrogen and oxygen atoms in total. The molecule has 3 saturated carbocycles. The summed E-state index contributed by atoms with van der Waals surface area (Å²) in [6, 6.07) is 0.582.